The summed E-state index contributed by atoms with van der Waals surface area (Å²) in [5.41, 5.74) is -0.500. The van der Waals surface area contributed by atoms with Crippen molar-refractivity contribution >= 4 is 70.4 Å². The monoisotopic (exact) mass is 949 g/mol. The van der Waals surface area contributed by atoms with E-state index in [2.05, 4.69) is 25.3 Å². The maximum absolute atomic E-state index is 13.6. The van der Waals surface area contributed by atoms with E-state index in [1.54, 1.807) is 43.5 Å². The number of pyridine rings is 4. The van der Waals surface area contributed by atoms with E-state index in [1.165, 1.54) is 37.7 Å². The van der Waals surface area contributed by atoms with Crippen LogP contribution < -0.4 is 24.9 Å². The number of alkyl halides is 6. The number of allylic oxidation sites excluding steroid dienone is 1. The van der Waals surface area contributed by atoms with Gasteiger partial charge in [-0.25, -0.2) is 39.2 Å². The molecule has 0 aromatic carbocycles. The number of amides is 7. The van der Waals surface area contributed by atoms with Gasteiger partial charge in [0.2, 0.25) is 0 Å². The Balaban J connectivity index is 0.000000204. The molecule has 2 fully saturated rings. The molecule has 7 amide bonds. The number of anilines is 4. The van der Waals surface area contributed by atoms with Crippen LogP contribution >= 0.6 is 0 Å². The molecule has 0 radical (unpaired) electrons. The van der Waals surface area contributed by atoms with Gasteiger partial charge in [0.05, 0.1) is 23.4 Å². The Bertz CT molecular complexity index is 2880. The van der Waals surface area contributed by atoms with Crippen molar-refractivity contribution in [3.05, 3.63) is 101 Å². The number of carbonyl (C=O) groups excluding carboxylic acids is 5. The molecular weight excluding hydrogens is 905 g/mol. The largest absolute Gasteiger partial charge is 0.443 e. The van der Waals surface area contributed by atoms with E-state index in [0.717, 1.165) is 44.6 Å². The lowest BCUT2D eigenvalue weighted by Gasteiger charge is -2.26. The van der Waals surface area contributed by atoms with E-state index in [1.807, 2.05) is 37.5 Å². The molecule has 0 spiro atoms. The van der Waals surface area contributed by atoms with Gasteiger partial charge in [-0.3, -0.25) is 29.2 Å². The Kier molecular flexibility index (Phi) is 12.7. The summed E-state index contributed by atoms with van der Waals surface area (Å²) in [5.74, 6) is -1.15. The molecule has 1 aliphatic carbocycles. The minimum Gasteiger partial charge on any atom is -0.443 e. The molecule has 5 aromatic rings. The van der Waals surface area contributed by atoms with Crippen LogP contribution in [0.2, 0.25) is 0 Å². The van der Waals surface area contributed by atoms with Gasteiger partial charge in [-0.05, 0) is 94.8 Å². The van der Waals surface area contributed by atoms with E-state index < -0.39 is 83.5 Å². The Morgan fingerprint density at radius 2 is 1.31 bits per heavy atom. The van der Waals surface area contributed by atoms with E-state index in [-0.39, 0.29) is 23.8 Å². The van der Waals surface area contributed by atoms with E-state index in [4.69, 9.17) is 4.74 Å². The first-order valence-corrected chi connectivity index (χ1v) is 20.9. The Labute approximate surface area is 385 Å². The topological polar surface area (TPSA) is 179 Å². The third-order valence-corrected chi connectivity index (χ3v) is 10.9. The number of aryl methyl sites for hydroxylation is 3. The van der Waals surface area contributed by atoms with Crippen molar-refractivity contribution in [2.75, 3.05) is 46.8 Å². The Morgan fingerprint density at radius 1 is 0.750 bits per heavy atom. The molecule has 68 heavy (non-hydrogen) atoms. The predicted octanol–water partition coefficient (Wildman–Crippen LogP) is 7.44. The lowest BCUT2D eigenvalue weighted by molar-refractivity contribution is -0.138. The first-order valence-electron chi connectivity index (χ1n) is 20.9. The zero-order valence-corrected chi connectivity index (χ0v) is 37.9. The molecule has 17 nitrogen and oxygen atoms in total. The first-order chi connectivity index (χ1) is 31.7. The third-order valence-electron chi connectivity index (χ3n) is 10.9. The van der Waals surface area contributed by atoms with Gasteiger partial charge < -0.3 is 14.6 Å². The highest BCUT2D eigenvalue weighted by molar-refractivity contribution is 6.11. The Hall–Kier alpha value is -7.59. The molecule has 2 saturated heterocycles. The smallest absolute Gasteiger partial charge is 0.418 e. The lowest BCUT2D eigenvalue weighted by Crippen LogP contribution is -2.47. The average Bonchev–Trinajstić information content (AvgIpc) is 4.06. The van der Waals surface area contributed by atoms with E-state index >= 15 is 0 Å². The molecule has 8 rings (SSSR count). The van der Waals surface area contributed by atoms with Crippen LogP contribution in [-0.4, -0.2) is 104 Å². The number of nitrogens with one attached hydrogen (secondary N) is 1. The maximum atomic E-state index is 13.6. The van der Waals surface area contributed by atoms with E-state index in [0.29, 0.717) is 34.7 Å². The van der Waals surface area contributed by atoms with Crippen LogP contribution in [0.15, 0.2) is 66.9 Å². The van der Waals surface area contributed by atoms with Crippen molar-refractivity contribution < 1.29 is 55.1 Å². The number of aromatic nitrogens is 5. The molecule has 1 N–H and O–H groups in total. The van der Waals surface area contributed by atoms with Gasteiger partial charge in [-0.15, -0.1) is 0 Å². The van der Waals surface area contributed by atoms with Gasteiger partial charge in [-0.1, -0.05) is 12.2 Å². The molecule has 3 aliphatic rings. The lowest BCUT2D eigenvalue weighted by atomic mass is 10.2. The normalized spacial score (nSPS) is 17.0. The summed E-state index contributed by atoms with van der Waals surface area (Å²) < 4.78 is 87.4. The fourth-order valence-corrected chi connectivity index (χ4v) is 7.64. The van der Waals surface area contributed by atoms with Crippen LogP contribution in [0.5, 0.6) is 0 Å². The predicted molar refractivity (Wildman–Crippen MR) is 237 cm³/mol. The zero-order valence-electron chi connectivity index (χ0n) is 37.9. The number of halogens is 6. The molecule has 0 saturated carbocycles. The van der Waals surface area contributed by atoms with Crippen LogP contribution in [0.1, 0.15) is 54.5 Å². The van der Waals surface area contributed by atoms with Gasteiger partial charge in [0, 0.05) is 57.1 Å². The second-order valence-corrected chi connectivity index (χ2v) is 17.2. The molecule has 358 valence electrons. The van der Waals surface area contributed by atoms with Crippen molar-refractivity contribution in [2.45, 2.75) is 71.1 Å². The van der Waals surface area contributed by atoms with Gasteiger partial charge in [-0.2, -0.15) is 26.3 Å². The van der Waals surface area contributed by atoms with Crippen LogP contribution in [0.3, 0.4) is 0 Å². The summed E-state index contributed by atoms with van der Waals surface area (Å²) in [6, 6.07) is 7.83. The number of carbonyl (C=O) groups is 5. The number of rotatable bonds is 6. The molecule has 2 aliphatic heterocycles. The van der Waals surface area contributed by atoms with Crippen molar-refractivity contribution in [2.24, 2.45) is 7.05 Å². The summed E-state index contributed by atoms with van der Waals surface area (Å²) in [6.07, 6.45) is -4.07. The summed E-state index contributed by atoms with van der Waals surface area (Å²) in [5, 5.41) is 3.41. The SMILES string of the molecule is Cc1cc(C(F)(F)F)cc(N2C(=O)N(C(=O)OC(C)(C)C)C[C@H]2C(=O)N(C)c2ccc3c(n2)CC=C3)n1.Cc1cc(C(F)(F)F)cc(N2C(=O)NC[C@H]2C(=O)N(C)c2ccc3ccn(C)c3n2)n1. The molecule has 5 aromatic heterocycles. The van der Waals surface area contributed by atoms with Crippen molar-refractivity contribution in [1.82, 2.24) is 34.7 Å². The number of likely N-dealkylation sites (N-methyl/N-ethyl adjacent to an activating group) is 2. The third kappa shape index (κ3) is 9.91. The number of urea groups is 2. The second-order valence-electron chi connectivity index (χ2n) is 17.2. The maximum Gasteiger partial charge on any atom is 0.418 e. The summed E-state index contributed by atoms with van der Waals surface area (Å²) in [7, 11) is 4.78. The van der Waals surface area contributed by atoms with Gasteiger partial charge >= 0.3 is 30.5 Å². The quantitative estimate of drug-likeness (QED) is 0.168. The highest BCUT2D eigenvalue weighted by Gasteiger charge is 2.49. The van der Waals surface area contributed by atoms with Gasteiger partial charge in [0.15, 0.2) is 0 Å². The van der Waals surface area contributed by atoms with Crippen LogP contribution in [0, 0.1) is 13.8 Å². The number of ether oxygens (including phenoxy) is 1. The number of imide groups is 1. The minimum absolute atomic E-state index is 0.0133. The minimum atomic E-state index is -4.71. The fraction of sp³-hybridized carbons (Fsp3) is 0.356. The van der Waals surface area contributed by atoms with Crippen molar-refractivity contribution in [3.63, 3.8) is 0 Å². The standard InChI is InChI=1S/C25H26F3N5O4.C20H19F3N6O2/c1-14-11-16(25(26,27)28)12-20(29-14)33-18(13-32(22(33)35)23(36)37-24(2,3)4)21(34)31(5)19-10-9-15-7-6-8-17(15)30-19;1-11-8-13(20(21,22)23)9-16(25-11)29-14(10-24-19(29)31)18(30)28(3)15-5-4-12-6-7-27(2)17(12)26-15/h6-7,9-12,18H,8,13H2,1-5H3;4-9,14H,10H2,1-3H3,(H,24,31)/t18-;14-/m00/s1. The highest BCUT2D eigenvalue weighted by Crippen LogP contribution is 2.36. The number of hydrogen-bond acceptors (Lipinski definition) is 10. The highest BCUT2D eigenvalue weighted by atomic mass is 19.4. The number of fused-ring (bicyclic) bond motifs is 2. The zero-order chi connectivity index (χ0) is 49.8. The average molecular weight is 950 g/mol. The van der Waals surface area contributed by atoms with Crippen LogP contribution in [0.25, 0.3) is 17.1 Å². The van der Waals surface area contributed by atoms with Crippen molar-refractivity contribution in [1.29, 1.82) is 0 Å². The molecule has 23 heteroatoms. The van der Waals surface area contributed by atoms with E-state index in [9.17, 15) is 50.3 Å². The summed E-state index contributed by atoms with van der Waals surface area (Å²) in [4.78, 5) is 87.5. The number of hydrogen-bond donors (Lipinski definition) is 1. The second kappa shape index (κ2) is 17.9. The number of nitrogens with zero attached hydrogens (tertiary/aromatic N) is 10. The van der Waals surface area contributed by atoms with Crippen LogP contribution in [-0.2, 0) is 40.1 Å². The summed E-state index contributed by atoms with van der Waals surface area (Å²) >= 11 is 0. The first kappa shape index (κ1) is 48.3. The van der Waals surface area contributed by atoms with Crippen molar-refractivity contribution in [3.8, 4) is 0 Å². The van der Waals surface area contributed by atoms with Crippen LogP contribution in [0.4, 0.5) is 64.0 Å². The molecule has 0 bridgehead atoms. The van der Waals surface area contributed by atoms with Gasteiger partial charge in [0.25, 0.3) is 11.8 Å². The molecule has 0 unspecified atom stereocenters. The van der Waals surface area contributed by atoms with Gasteiger partial charge in [0.1, 0.15) is 46.6 Å². The molecule has 2 atom stereocenters. The summed E-state index contributed by atoms with van der Waals surface area (Å²) in [6.45, 7) is 7.04. The fourth-order valence-electron chi connectivity index (χ4n) is 7.64. The Morgan fingerprint density at radius 3 is 1.90 bits per heavy atom. The molecular formula is C45H45F6N11O6. The molecule has 7 heterocycles.